The number of nitrogens with zero attached hydrogens (tertiary/aromatic N) is 1. The monoisotopic (exact) mass is 284 g/mol. The fourth-order valence-electron chi connectivity index (χ4n) is 2.18. The third-order valence-electron chi connectivity index (χ3n) is 3.44. The quantitative estimate of drug-likeness (QED) is 0.930. The summed E-state index contributed by atoms with van der Waals surface area (Å²) >= 11 is 0. The molecule has 0 aliphatic carbocycles. The minimum Gasteiger partial charge on any atom is -0.487 e. The second-order valence-corrected chi connectivity index (χ2v) is 6.40. The van der Waals surface area contributed by atoms with Crippen molar-refractivity contribution in [2.75, 3.05) is 0 Å². The van der Waals surface area contributed by atoms with E-state index in [2.05, 4.69) is 50.9 Å². The molecule has 21 heavy (non-hydrogen) atoms. The van der Waals surface area contributed by atoms with E-state index in [1.54, 1.807) is 6.20 Å². The van der Waals surface area contributed by atoms with Crippen LogP contribution in [0.4, 0.5) is 0 Å². The topological polar surface area (TPSA) is 48.1 Å². The van der Waals surface area contributed by atoms with E-state index in [1.165, 1.54) is 11.1 Å². The highest BCUT2D eigenvalue weighted by Crippen LogP contribution is 2.32. The Morgan fingerprint density at radius 3 is 2.48 bits per heavy atom. The number of rotatable bonds is 4. The van der Waals surface area contributed by atoms with Crippen LogP contribution >= 0.6 is 0 Å². The Labute approximate surface area is 127 Å². The maximum absolute atomic E-state index is 6.01. The molecule has 0 saturated heterocycles. The Morgan fingerprint density at radius 1 is 1.14 bits per heavy atom. The molecule has 0 spiro atoms. The van der Waals surface area contributed by atoms with Crippen LogP contribution in [0.15, 0.2) is 36.5 Å². The first-order chi connectivity index (χ1) is 9.90. The van der Waals surface area contributed by atoms with Gasteiger partial charge in [-0.2, -0.15) is 0 Å². The first-order valence-corrected chi connectivity index (χ1v) is 7.28. The first kappa shape index (κ1) is 15.5. The molecule has 0 radical (unpaired) electrons. The molecule has 0 saturated carbocycles. The average Bonchev–Trinajstić information content (AvgIpc) is 2.44. The lowest BCUT2D eigenvalue weighted by atomic mass is 9.86. The number of benzene rings is 1. The summed E-state index contributed by atoms with van der Waals surface area (Å²) in [6, 6.07) is 10.3. The molecule has 3 heteroatoms. The maximum atomic E-state index is 6.01. The van der Waals surface area contributed by atoms with Gasteiger partial charge in [0.25, 0.3) is 0 Å². The molecule has 0 aliphatic rings. The van der Waals surface area contributed by atoms with Gasteiger partial charge in [0.05, 0.1) is 5.69 Å². The van der Waals surface area contributed by atoms with E-state index in [4.69, 9.17) is 10.5 Å². The molecule has 1 aromatic carbocycles. The molecule has 1 heterocycles. The molecule has 0 bridgehead atoms. The lowest BCUT2D eigenvalue weighted by molar-refractivity contribution is 0.293. The van der Waals surface area contributed by atoms with Crippen LogP contribution in [-0.2, 0) is 18.6 Å². The molecule has 2 aromatic rings. The van der Waals surface area contributed by atoms with Crippen LogP contribution in [0.3, 0.4) is 0 Å². The van der Waals surface area contributed by atoms with Crippen LogP contribution in [0, 0.1) is 6.92 Å². The summed E-state index contributed by atoms with van der Waals surface area (Å²) in [5.41, 5.74) is 9.99. The van der Waals surface area contributed by atoms with Gasteiger partial charge in [0.2, 0.25) is 0 Å². The van der Waals surface area contributed by atoms with Crippen molar-refractivity contribution in [2.45, 2.75) is 46.3 Å². The zero-order valence-corrected chi connectivity index (χ0v) is 13.3. The third kappa shape index (κ3) is 4.05. The van der Waals surface area contributed by atoms with Crippen LogP contribution in [0.5, 0.6) is 5.75 Å². The van der Waals surface area contributed by atoms with Gasteiger partial charge in [0.1, 0.15) is 12.4 Å². The molecular formula is C18H24N2O. The van der Waals surface area contributed by atoms with Crippen molar-refractivity contribution in [3.8, 4) is 5.75 Å². The van der Waals surface area contributed by atoms with Gasteiger partial charge in [0, 0.05) is 12.7 Å². The van der Waals surface area contributed by atoms with Crippen molar-refractivity contribution in [1.82, 2.24) is 4.98 Å². The molecule has 0 amide bonds. The van der Waals surface area contributed by atoms with Crippen molar-refractivity contribution >= 4 is 0 Å². The largest absolute Gasteiger partial charge is 0.487 e. The summed E-state index contributed by atoms with van der Waals surface area (Å²) in [6.07, 6.45) is 1.81. The molecule has 0 unspecified atom stereocenters. The molecule has 0 aliphatic heterocycles. The SMILES string of the molecule is Cc1ccc(C(C)(C)C)c(OCc2ccc(CN)cn2)c1. The van der Waals surface area contributed by atoms with Gasteiger partial charge in [-0.25, -0.2) is 0 Å². The minimum atomic E-state index is 0.0554. The highest BCUT2D eigenvalue weighted by molar-refractivity contribution is 5.41. The second kappa shape index (κ2) is 6.27. The average molecular weight is 284 g/mol. The number of hydrogen-bond acceptors (Lipinski definition) is 3. The molecule has 0 fully saturated rings. The summed E-state index contributed by atoms with van der Waals surface area (Å²) in [5, 5.41) is 0. The Bertz CT molecular complexity index is 598. The van der Waals surface area contributed by atoms with E-state index < -0.39 is 0 Å². The van der Waals surface area contributed by atoms with Crippen molar-refractivity contribution in [3.05, 3.63) is 58.9 Å². The van der Waals surface area contributed by atoms with Crippen molar-refractivity contribution in [2.24, 2.45) is 5.73 Å². The van der Waals surface area contributed by atoms with Gasteiger partial charge in [0.15, 0.2) is 0 Å². The van der Waals surface area contributed by atoms with Crippen molar-refractivity contribution < 1.29 is 4.74 Å². The van der Waals surface area contributed by atoms with Crippen LogP contribution in [-0.4, -0.2) is 4.98 Å². The standard InChI is InChI=1S/C18H24N2O/c1-13-5-8-16(18(2,3)4)17(9-13)21-12-15-7-6-14(10-19)11-20-15/h5-9,11H,10,12,19H2,1-4H3. The summed E-state index contributed by atoms with van der Waals surface area (Å²) in [4.78, 5) is 4.37. The van der Waals surface area contributed by atoms with E-state index in [0.717, 1.165) is 17.0 Å². The van der Waals surface area contributed by atoms with E-state index >= 15 is 0 Å². The van der Waals surface area contributed by atoms with Gasteiger partial charge in [-0.3, -0.25) is 4.98 Å². The van der Waals surface area contributed by atoms with Gasteiger partial charge >= 0.3 is 0 Å². The number of pyridine rings is 1. The third-order valence-corrected chi connectivity index (χ3v) is 3.44. The van der Waals surface area contributed by atoms with Gasteiger partial charge in [-0.15, -0.1) is 0 Å². The van der Waals surface area contributed by atoms with Crippen LogP contribution in [0.2, 0.25) is 0 Å². The fraction of sp³-hybridized carbons (Fsp3) is 0.389. The molecule has 112 valence electrons. The molecule has 3 nitrogen and oxygen atoms in total. The highest BCUT2D eigenvalue weighted by Gasteiger charge is 2.19. The minimum absolute atomic E-state index is 0.0554. The number of nitrogens with two attached hydrogens (primary N) is 1. The number of hydrogen-bond donors (Lipinski definition) is 1. The Balaban J connectivity index is 2.17. The van der Waals surface area contributed by atoms with E-state index in [-0.39, 0.29) is 5.41 Å². The normalized spacial score (nSPS) is 11.5. The number of ether oxygens (including phenoxy) is 1. The highest BCUT2D eigenvalue weighted by atomic mass is 16.5. The van der Waals surface area contributed by atoms with Crippen molar-refractivity contribution in [3.63, 3.8) is 0 Å². The maximum Gasteiger partial charge on any atom is 0.130 e. The smallest absolute Gasteiger partial charge is 0.130 e. The number of aromatic nitrogens is 1. The fourth-order valence-corrected chi connectivity index (χ4v) is 2.18. The zero-order chi connectivity index (χ0) is 15.5. The second-order valence-electron chi connectivity index (χ2n) is 6.40. The van der Waals surface area contributed by atoms with Gasteiger partial charge < -0.3 is 10.5 Å². The predicted molar refractivity (Wildman–Crippen MR) is 86.3 cm³/mol. The predicted octanol–water partition coefficient (Wildman–Crippen LogP) is 3.73. The zero-order valence-electron chi connectivity index (χ0n) is 13.3. The molecular weight excluding hydrogens is 260 g/mol. The molecule has 1 aromatic heterocycles. The lowest BCUT2D eigenvalue weighted by Gasteiger charge is -2.23. The first-order valence-electron chi connectivity index (χ1n) is 7.28. The molecule has 2 N–H and O–H groups in total. The van der Waals surface area contributed by atoms with Crippen LogP contribution in [0.1, 0.15) is 43.2 Å². The Morgan fingerprint density at radius 2 is 1.90 bits per heavy atom. The lowest BCUT2D eigenvalue weighted by Crippen LogP contribution is -2.13. The molecule has 0 atom stereocenters. The van der Waals surface area contributed by atoms with Crippen LogP contribution in [0.25, 0.3) is 0 Å². The number of aryl methyl sites for hydroxylation is 1. The van der Waals surface area contributed by atoms with Gasteiger partial charge in [-0.05, 0) is 41.2 Å². The molecule has 2 rings (SSSR count). The van der Waals surface area contributed by atoms with Crippen molar-refractivity contribution in [1.29, 1.82) is 0 Å². The van der Waals surface area contributed by atoms with E-state index in [9.17, 15) is 0 Å². The summed E-state index contributed by atoms with van der Waals surface area (Å²) in [6.45, 7) is 9.64. The van der Waals surface area contributed by atoms with E-state index in [1.807, 2.05) is 12.1 Å². The summed E-state index contributed by atoms with van der Waals surface area (Å²) in [5.74, 6) is 0.937. The van der Waals surface area contributed by atoms with E-state index in [0.29, 0.717) is 13.2 Å². The van der Waals surface area contributed by atoms with Gasteiger partial charge in [-0.1, -0.05) is 39.0 Å². The van der Waals surface area contributed by atoms with Crippen LogP contribution < -0.4 is 10.5 Å². The summed E-state index contributed by atoms with van der Waals surface area (Å²) < 4.78 is 6.01. The Hall–Kier alpha value is -1.87. The summed E-state index contributed by atoms with van der Waals surface area (Å²) in [7, 11) is 0. The Kier molecular flexibility index (Phi) is 4.63.